The van der Waals surface area contributed by atoms with Crippen molar-refractivity contribution in [2.75, 3.05) is 19.6 Å². The molecule has 2 unspecified atom stereocenters. The minimum absolute atomic E-state index is 0.716. The largest absolute Gasteiger partial charge is 0.313 e. The highest BCUT2D eigenvalue weighted by Crippen LogP contribution is 2.19. The van der Waals surface area contributed by atoms with E-state index >= 15 is 0 Å². The molecule has 1 aliphatic heterocycles. The van der Waals surface area contributed by atoms with Crippen LogP contribution in [0.25, 0.3) is 0 Å². The lowest BCUT2D eigenvalue weighted by Gasteiger charge is -2.37. The van der Waals surface area contributed by atoms with Crippen molar-refractivity contribution in [1.29, 1.82) is 0 Å². The van der Waals surface area contributed by atoms with Gasteiger partial charge in [0.25, 0.3) is 0 Å². The van der Waals surface area contributed by atoms with Crippen LogP contribution in [0.4, 0.5) is 0 Å². The average molecular weight is 254 g/mol. The van der Waals surface area contributed by atoms with Gasteiger partial charge in [-0.05, 0) is 44.1 Å². The summed E-state index contributed by atoms with van der Waals surface area (Å²) in [6, 6.07) is 1.49. The third-order valence-corrected chi connectivity index (χ3v) is 4.27. The molecule has 2 nitrogen and oxygen atoms in total. The van der Waals surface area contributed by atoms with E-state index in [9.17, 15) is 0 Å². The summed E-state index contributed by atoms with van der Waals surface area (Å²) in [6.07, 6.45) is 5.28. The van der Waals surface area contributed by atoms with Gasteiger partial charge in [-0.1, -0.05) is 34.6 Å². The SMILES string of the molecule is CCC(CC)N(CC(C)C)CC1CC(C)CCN1. The van der Waals surface area contributed by atoms with Gasteiger partial charge < -0.3 is 5.32 Å². The van der Waals surface area contributed by atoms with E-state index in [1.54, 1.807) is 0 Å². The minimum atomic E-state index is 0.716. The summed E-state index contributed by atoms with van der Waals surface area (Å²) >= 11 is 0. The van der Waals surface area contributed by atoms with Crippen molar-refractivity contribution in [2.45, 2.75) is 72.4 Å². The molecule has 0 spiro atoms. The van der Waals surface area contributed by atoms with Crippen LogP contribution in [-0.4, -0.2) is 36.6 Å². The fourth-order valence-electron chi connectivity index (χ4n) is 3.29. The molecule has 1 heterocycles. The van der Waals surface area contributed by atoms with Crippen LogP contribution >= 0.6 is 0 Å². The first-order valence-corrected chi connectivity index (χ1v) is 8.04. The van der Waals surface area contributed by atoms with Crippen molar-refractivity contribution in [3.05, 3.63) is 0 Å². The van der Waals surface area contributed by atoms with Gasteiger partial charge in [0, 0.05) is 25.2 Å². The molecule has 0 aromatic heterocycles. The van der Waals surface area contributed by atoms with Gasteiger partial charge in [0.05, 0.1) is 0 Å². The molecule has 1 rings (SSSR count). The van der Waals surface area contributed by atoms with Crippen LogP contribution in [-0.2, 0) is 0 Å². The number of hydrogen-bond donors (Lipinski definition) is 1. The third kappa shape index (κ3) is 5.27. The Hall–Kier alpha value is -0.0800. The zero-order valence-electron chi connectivity index (χ0n) is 13.2. The molecule has 0 bridgehead atoms. The molecule has 0 aromatic carbocycles. The maximum Gasteiger partial charge on any atom is 0.0197 e. The predicted octanol–water partition coefficient (Wildman–Crippen LogP) is 3.52. The molecule has 18 heavy (non-hydrogen) atoms. The Bertz CT molecular complexity index is 211. The highest BCUT2D eigenvalue weighted by molar-refractivity contribution is 4.82. The number of nitrogens with one attached hydrogen (secondary N) is 1. The van der Waals surface area contributed by atoms with Gasteiger partial charge >= 0.3 is 0 Å². The van der Waals surface area contributed by atoms with E-state index in [0.29, 0.717) is 6.04 Å². The van der Waals surface area contributed by atoms with E-state index in [1.807, 2.05) is 0 Å². The van der Waals surface area contributed by atoms with Gasteiger partial charge in [-0.3, -0.25) is 4.90 Å². The molecule has 2 heteroatoms. The van der Waals surface area contributed by atoms with Crippen LogP contribution in [0.5, 0.6) is 0 Å². The Labute approximate surface area is 115 Å². The van der Waals surface area contributed by atoms with Gasteiger partial charge in [-0.25, -0.2) is 0 Å². The van der Waals surface area contributed by atoms with Crippen LogP contribution < -0.4 is 5.32 Å². The van der Waals surface area contributed by atoms with Crippen LogP contribution in [0.2, 0.25) is 0 Å². The van der Waals surface area contributed by atoms with E-state index in [-0.39, 0.29) is 0 Å². The van der Waals surface area contributed by atoms with Crippen LogP contribution in [0.3, 0.4) is 0 Å². The second kappa shape index (κ2) is 8.16. The predicted molar refractivity (Wildman–Crippen MR) is 81.0 cm³/mol. The van der Waals surface area contributed by atoms with Crippen molar-refractivity contribution < 1.29 is 0 Å². The number of hydrogen-bond acceptors (Lipinski definition) is 2. The van der Waals surface area contributed by atoms with Crippen molar-refractivity contribution in [3.8, 4) is 0 Å². The second-order valence-electron chi connectivity index (χ2n) is 6.60. The molecular formula is C16H34N2. The molecular weight excluding hydrogens is 220 g/mol. The van der Waals surface area contributed by atoms with Crippen LogP contribution in [0.1, 0.15) is 60.3 Å². The first-order chi connectivity index (χ1) is 8.56. The lowest BCUT2D eigenvalue weighted by atomic mass is 9.93. The van der Waals surface area contributed by atoms with Crippen LogP contribution in [0.15, 0.2) is 0 Å². The molecule has 0 aliphatic carbocycles. The molecule has 1 N–H and O–H groups in total. The maximum atomic E-state index is 3.71. The van der Waals surface area contributed by atoms with E-state index in [4.69, 9.17) is 0 Å². The maximum absolute atomic E-state index is 3.71. The lowest BCUT2D eigenvalue weighted by Crippen LogP contribution is -2.49. The Balaban J connectivity index is 2.53. The summed E-state index contributed by atoms with van der Waals surface area (Å²) in [4.78, 5) is 2.74. The molecule has 1 saturated heterocycles. The molecule has 0 saturated carbocycles. The second-order valence-corrected chi connectivity index (χ2v) is 6.60. The molecule has 0 radical (unpaired) electrons. The molecule has 1 aliphatic rings. The summed E-state index contributed by atoms with van der Waals surface area (Å²) in [6.45, 7) is 15.4. The normalized spacial score (nSPS) is 25.3. The fraction of sp³-hybridized carbons (Fsp3) is 1.00. The lowest BCUT2D eigenvalue weighted by molar-refractivity contribution is 0.134. The fourth-order valence-corrected chi connectivity index (χ4v) is 3.29. The Kier molecular flexibility index (Phi) is 7.25. The van der Waals surface area contributed by atoms with Crippen LogP contribution in [0, 0.1) is 11.8 Å². The summed E-state index contributed by atoms with van der Waals surface area (Å²) in [5, 5.41) is 3.71. The highest BCUT2D eigenvalue weighted by Gasteiger charge is 2.24. The van der Waals surface area contributed by atoms with E-state index in [0.717, 1.165) is 17.9 Å². The van der Waals surface area contributed by atoms with Crippen molar-refractivity contribution in [2.24, 2.45) is 11.8 Å². The summed E-state index contributed by atoms with van der Waals surface area (Å²) in [5.41, 5.74) is 0. The molecule has 0 aromatic rings. The number of piperidine rings is 1. The highest BCUT2D eigenvalue weighted by atomic mass is 15.2. The summed E-state index contributed by atoms with van der Waals surface area (Å²) < 4.78 is 0. The first kappa shape index (κ1) is 16.0. The van der Waals surface area contributed by atoms with E-state index in [1.165, 1.54) is 45.3 Å². The zero-order valence-corrected chi connectivity index (χ0v) is 13.2. The monoisotopic (exact) mass is 254 g/mol. The van der Waals surface area contributed by atoms with Crippen molar-refractivity contribution >= 4 is 0 Å². The van der Waals surface area contributed by atoms with Crippen molar-refractivity contribution in [3.63, 3.8) is 0 Å². The van der Waals surface area contributed by atoms with E-state index in [2.05, 4.69) is 44.8 Å². The topological polar surface area (TPSA) is 15.3 Å². The summed E-state index contributed by atoms with van der Waals surface area (Å²) in [5.74, 6) is 1.67. The summed E-state index contributed by atoms with van der Waals surface area (Å²) in [7, 11) is 0. The first-order valence-electron chi connectivity index (χ1n) is 8.04. The Morgan fingerprint density at radius 1 is 1.22 bits per heavy atom. The quantitative estimate of drug-likeness (QED) is 0.748. The van der Waals surface area contributed by atoms with E-state index < -0.39 is 0 Å². The number of rotatable bonds is 7. The average Bonchev–Trinajstić information content (AvgIpc) is 2.29. The smallest absolute Gasteiger partial charge is 0.0197 e. The molecule has 1 fully saturated rings. The van der Waals surface area contributed by atoms with Gasteiger partial charge in [-0.2, -0.15) is 0 Å². The van der Waals surface area contributed by atoms with Crippen molar-refractivity contribution in [1.82, 2.24) is 10.2 Å². The Morgan fingerprint density at radius 3 is 2.39 bits per heavy atom. The number of nitrogens with zero attached hydrogens (tertiary/aromatic N) is 1. The minimum Gasteiger partial charge on any atom is -0.313 e. The molecule has 108 valence electrons. The third-order valence-electron chi connectivity index (χ3n) is 4.27. The van der Waals surface area contributed by atoms with Gasteiger partial charge in [0.1, 0.15) is 0 Å². The van der Waals surface area contributed by atoms with Gasteiger partial charge in [0.2, 0.25) is 0 Å². The standard InChI is InChI=1S/C16H34N2/c1-6-16(7-2)18(11-13(3)4)12-15-10-14(5)8-9-17-15/h13-17H,6-12H2,1-5H3. The Morgan fingerprint density at radius 2 is 1.89 bits per heavy atom. The molecule has 2 atom stereocenters. The van der Waals surface area contributed by atoms with Gasteiger partial charge in [0.15, 0.2) is 0 Å². The molecule has 0 amide bonds. The van der Waals surface area contributed by atoms with Gasteiger partial charge in [-0.15, -0.1) is 0 Å². The zero-order chi connectivity index (χ0) is 13.5.